The fraction of sp³-hybridized carbons (Fsp3) is 0.556. The van der Waals surface area contributed by atoms with E-state index in [1.54, 1.807) is 0 Å². The van der Waals surface area contributed by atoms with Gasteiger partial charge in [-0.3, -0.25) is 4.90 Å². The quantitative estimate of drug-likeness (QED) is 0.781. The Morgan fingerprint density at radius 1 is 1.17 bits per heavy atom. The topological polar surface area (TPSA) is 55.8 Å². The summed E-state index contributed by atoms with van der Waals surface area (Å²) >= 11 is 0. The molecule has 0 saturated carbocycles. The molecule has 0 aromatic heterocycles. The summed E-state index contributed by atoms with van der Waals surface area (Å²) in [4.78, 5) is 26.0. The summed E-state index contributed by atoms with van der Waals surface area (Å²) in [5.74, 6) is -0.0453. The average Bonchev–Trinajstić information content (AvgIpc) is 2.58. The number of hydrogen-bond donors (Lipinski definition) is 0. The molecule has 126 valence electrons. The Balaban J connectivity index is 1.91. The molecule has 1 aromatic rings. The maximum Gasteiger partial charge on any atom is 0.410 e. The molecule has 0 spiro atoms. The van der Waals surface area contributed by atoms with Crippen molar-refractivity contribution in [3.8, 4) is 0 Å². The van der Waals surface area contributed by atoms with E-state index in [4.69, 9.17) is 9.47 Å². The molecule has 5 nitrogen and oxygen atoms in total. The number of carbonyl (C=O) groups is 2. The van der Waals surface area contributed by atoms with Gasteiger partial charge in [0.1, 0.15) is 12.6 Å². The van der Waals surface area contributed by atoms with Gasteiger partial charge in [-0.1, -0.05) is 44.2 Å². The van der Waals surface area contributed by atoms with E-state index < -0.39 is 12.1 Å². The third-order valence-corrected chi connectivity index (χ3v) is 3.77. The van der Waals surface area contributed by atoms with Gasteiger partial charge < -0.3 is 9.47 Å². The molecule has 1 aliphatic rings. The highest BCUT2D eigenvalue weighted by atomic mass is 16.6. The van der Waals surface area contributed by atoms with E-state index in [1.165, 1.54) is 4.90 Å². The smallest absolute Gasteiger partial charge is 0.410 e. The van der Waals surface area contributed by atoms with E-state index in [-0.39, 0.29) is 18.5 Å². The molecule has 1 heterocycles. The third-order valence-electron chi connectivity index (χ3n) is 3.77. The van der Waals surface area contributed by atoms with Crippen molar-refractivity contribution in [2.24, 2.45) is 5.92 Å². The molecule has 1 fully saturated rings. The molecule has 5 heteroatoms. The van der Waals surface area contributed by atoms with E-state index in [0.29, 0.717) is 19.6 Å². The van der Waals surface area contributed by atoms with Gasteiger partial charge in [0.25, 0.3) is 0 Å². The summed E-state index contributed by atoms with van der Waals surface area (Å²) in [7, 11) is 0. The second-order valence-electron chi connectivity index (χ2n) is 6.27. The van der Waals surface area contributed by atoms with E-state index in [1.807, 2.05) is 44.2 Å². The predicted octanol–water partition coefficient (Wildman–Crippen LogP) is 3.38. The minimum absolute atomic E-state index is 0.212. The molecule has 1 amide bonds. The minimum atomic E-state index is -0.522. The number of piperidine rings is 1. The second kappa shape index (κ2) is 8.56. The zero-order valence-electron chi connectivity index (χ0n) is 13.9. The van der Waals surface area contributed by atoms with Gasteiger partial charge >= 0.3 is 12.1 Å². The normalized spacial score (nSPS) is 17.9. The maximum absolute atomic E-state index is 12.3. The first-order valence-corrected chi connectivity index (χ1v) is 8.22. The molecule has 0 unspecified atom stereocenters. The van der Waals surface area contributed by atoms with Crippen molar-refractivity contribution in [1.29, 1.82) is 0 Å². The van der Waals surface area contributed by atoms with Crippen molar-refractivity contribution in [2.45, 2.75) is 45.8 Å². The Hall–Kier alpha value is -2.04. The van der Waals surface area contributed by atoms with E-state index in [0.717, 1.165) is 18.4 Å². The zero-order chi connectivity index (χ0) is 16.7. The van der Waals surface area contributed by atoms with Crippen molar-refractivity contribution in [3.05, 3.63) is 35.9 Å². The molecular formula is C18H25NO4. The first-order valence-electron chi connectivity index (χ1n) is 8.22. The third kappa shape index (κ3) is 5.27. The van der Waals surface area contributed by atoms with E-state index in [2.05, 4.69) is 0 Å². The summed E-state index contributed by atoms with van der Waals surface area (Å²) < 4.78 is 10.7. The van der Waals surface area contributed by atoms with Crippen molar-refractivity contribution < 1.29 is 19.1 Å². The first-order chi connectivity index (χ1) is 11.1. The van der Waals surface area contributed by atoms with Crippen LogP contribution in [-0.4, -0.2) is 36.2 Å². The number of hydrogen-bond acceptors (Lipinski definition) is 4. The predicted molar refractivity (Wildman–Crippen MR) is 86.8 cm³/mol. The van der Waals surface area contributed by atoms with Crippen LogP contribution in [0.25, 0.3) is 0 Å². The highest BCUT2D eigenvalue weighted by molar-refractivity contribution is 5.81. The number of benzene rings is 1. The molecule has 23 heavy (non-hydrogen) atoms. The largest absolute Gasteiger partial charge is 0.464 e. The Morgan fingerprint density at radius 2 is 1.91 bits per heavy atom. The summed E-state index contributed by atoms with van der Waals surface area (Å²) in [5.41, 5.74) is 0.928. The number of amides is 1. The monoisotopic (exact) mass is 319 g/mol. The van der Waals surface area contributed by atoms with Gasteiger partial charge in [0.2, 0.25) is 0 Å². The molecular weight excluding hydrogens is 294 g/mol. The van der Waals surface area contributed by atoms with Gasteiger partial charge in [-0.05, 0) is 30.7 Å². The lowest BCUT2D eigenvalue weighted by Crippen LogP contribution is -2.49. The van der Waals surface area contributed by atoms with E-state index in [9.17, 15) is 9.59 Å². The summed E-state index contributed by atoms with van der Waals surface area (Å²) in [6, 6.07) is 8.99. The van der Waals surface area contributed by atoms with Gasteiger partial charge in [0.05, 0.1) is 6.61 Å². The Bertz CT molecular complexity index is 515. The summed E-state index contributed by atoms with van der Waals surface area (Å²) in [6.07, 6.45) is 2.00. The lowest BCUT2D eigenvalue weighted by molar-refractivity contribution is -0.151. The van der Waals surface area contributed by atoms with Crippen LogP contribution >= 0.6 is 0 Å². The molecule has 0 bridgehead atoms. The fourth-order valence-corrected chi connectivity index (χ4v) is 2.54. The molecule has 0 aliphatic carbocycles. The Labute approximate surface area is 137 Å². The highest BCUT2D eigenvalue weighted by Crippen LogP contribution is 2.20. The van der Waals surface area contributed by atoms with Crippen LogP contribution in [-0.2, 0) is 20.9 Å². The Kier molecular flexibility index (Phi) is 6.44. The van der Waals surface area contributed by atoms with Crippen LogP contribution in [0.1, 0.15) is 38.7 Å². The lowest BCUT2D eigenvalue weighted by Gasteiger charge is -2.33. The van der Waals surface area contributed by atoms with Crippen molar-refractivity contribution in [2.75, 3.05) is 13.2 Å². The zero-order valence-corrected chi connectivity index (χ0v) is 13.9. The number of esters is 1. The molecule has 0 radical (unpaired) electrons. The number of rotatable bonds is 5. The SMILES string of the molecule is CC(C)COC(=O)[C@@H]1CCCCN1C(=O)OCc1ccccc1. The molecule has 1 aromatic carbocycles. The molecule has 0 N–H and O–H groups in total. The van der Waals surface area contributed by atoms with Gasteiger partial charge in [-0.25, -0.2) is 9.59 Å². The van der Waals surface area contributed by atoms with Crippen molar-refractivity contribution in [1.82, 2.24) is 4.90 Å². The van der Waals surface area contributed by atoms with E-state index >= 15 is 0 Å². The molecule has 1 atom stereocenters. The average molecular weight is 319 g/mol. The first kappa shape index (κ1) is 17.3. The number of likely N-dealkylation sites (tertiary alicyclic amines) is 1. The van der Waals surface area contributed by atoms with Crippen LogP contribution in [0.4, 0.5) is 4.79 Å². The fourth-order valence-electron chi connectivity index (χ4n) is 2.54. The van der Waals surface area contributed by atoms with Crippen LogP contribution in [0.3, 0.4) is 0 Å². The minimum Gasteiger partial charge on any atom is -0.464 e. The summed E-state index contributed by atoms with van der Waals surface area (Å²) in [6.45, 7) is 5.10. The lowest BCUT2D eigenvalue weighted by atomic mass is 10.0. The van der Waals surface area contributed by atoms with Crippen molar-refractivity contribution >= 4 is 12.1 Å². The second-order valence-corrected chi connectivity index (χ2v) is 6.27. The van der Waals surface area contributed by atoms with Crippen LogP contribution in [0, 0.1) is 5.92 Å². The molecule has 1 saturated heterocycles. The molecule has 2 rings (SSSR count). The number of carbonyl (C=O) groups excluding carboxylic acids is 2. The summed E-state index contributed by atoms with van der Waals surface area (Å²) in [5, 5.41) is 0. The highest BCUT2D eigenvalue weighted by Gasteiger charge is 2.34. The van der Waals surface area contributed by atoms with Crippen molar-refractivity contribution in [3.63, 3.8) is 0 Å². The van der Waals surface area contributed by atoms with Crippen LogP contribution < -0.4 is 0 Å². The van der Waals surface area contributed by atoms with Crippen LogP contribution in [0.15, 0.2) is 30.3 Å². The van der Waals surface area contributed by atoms with Crippen LogP contribution in [0.5, 0.6) is 0 Å². The number of nitrogens with zero attached hydrogens (tertiary/aromatic N) is 1. The van der Waals surface area contributed by atoms with Gasteiger partial charge in [-0.2, -0.15) is 0 Å². The van der Waals surface area contributed by atoms with Gasteiger partial charge in [0.15, 0.2) is 0 Å². The van der Waals surface area contributed by atoms with Gasteiger partial charge in [0, 0.05) is 6.54 Å². The maximum atomic E-state index is 12.3. The number of ether oxygens (including phenoxy) is 2. The Morgan fingerprint density at radius 3 is 2.61 bits per heavy atom. The van der Waals surface area contributed by atoms with Crippen LogP contribution in [0.2, 0.25) is 0 Å². The standard InChI is InChI=1S/C18H25NO4/c1-14(2)12-22-17(20)16-10-6-7-11-19(16)18(21)23-13-15-8-4-3-5-9-15/h3-5,8-9,14,16H,6-7,10-13H2,1-2H3/t16-/m0/s1. The van der Waals surface area contributed by atoms with Gasteiger partial charge in [-0.15, -0.1) is 0 Å². The molecule has 1 aliphatic heterocycles.